The molecule has 0 atom stereocenters. The molecule has 1 aliphatic carbocycles. The highest BCUT2D eigenvalue weighted by Gasteiger charge is 2.51. The maximum Gasteiger partial charge on any atom is 0.494 e. The van der Waals surface area contributed by atoms with Crippen molar-refractivity contribution < 1.29 is 9.31 Å². The van der Waals surface area contributed by atoms with Crippen LogP contribution >= 0.6 is 0 Å². The molecule has 0 amide bonds. The third kappa shape index (κ3) is 3.33. The number of aryl methyl sites for hydroxylation is 1. The van der Waals surface area contributed by atoms with Gasteiger partial charge in [0.2, 0.25) is 0 Å². The van der Waals surface area contributed by atoms with Gasteiger partial charge in [0.25, 0.3) is 0 Å². The van der Waals surface area contributed by atoms with Crippen LogP contribution in [0.2, 0.25) is 0 Å². The Balaban J connectivity index is 1.65. The standard InChI is InChI=1S/C25H33BO2/c1-19-9-11-20(12-10-19)25(17-7-6-8-18-25)21-13-15-22(16-14-21)26-27-23(2,3)24(4,5)28-26/h9-16H,6-8,17-18H2,1-5H3. The van der Waals surface area contributed by atoms with E-state index in [0.29, 0.717) is 0 Å². The first-order valence-electron chi connectivity index (χ1n) is 10.8. The summed E-state index contributed by atoms with van der Waals surface area (Å²) in [4.78, 5) is 0. The first-order valence-corrected chi connectivity index (χ1v) is 10.8. The summed E-state index contributed by atoms with van der Waals surface area (Å²) in [5.41, 5.74) is 4.85. The Labute approximate surface area is 170 Å². The molecule has 0 spiro atoms. The Kier molecular flexibility index (Phi) is 4.96. The lowest BCUT2D eigenvalue weighted by Gasteiger charge is -2.39. The molecule has 4 rings (SSSR count). The minimum atomic E-state index is -0.303. The van der Waals surface area contributed by atoms with Gasteiger partial charge in [-0.15, -0.1) is 0 Å². The van der Waals surface area contributed by atoms with Crippen LogP contribution in [-0.4, -0.2) is 18.3 Å². The minimum absolute atomic E-state index is 0.139. The topological polar surface area (TPSA) is 18.5 Å². The molecule has 0 radical (unpaired) electrons. The van der Waals surface area contributed by atoms with Crippen molar-refractivity contribution >= 4 is 12.6 Å². The number of hydrogen-bond donors (Lipinski definition) is 0. The van der Waals surface area contributed by atoms with Crippen LogP contribution in [0.25, 0.3) is 0 Å². The van der Waals surface area contributed by atoms with Crippen LogP contribution < -0.4 is 5.46 Å². The molecule has 1 saturated carbocycles. The molecule has 0 aromatic heterocycles. The predicted octanol–water partition coefficient (Wildman–Crippen LogP) is 5.54. The fraction of sp³-hybridized carbons (Fsp3) is 0.520. The van der Waals surface area contributed by atoms with Crippen LogP contribution in [0, 0.1) is 6.92 Å². The average Bonchev–Trinajstić information content (AvgIpc) is 2.90. The van der Waals surface area contributed by atoms with E-state index in [1.807, 2.05) is 0 Å². The zero-order valence-electron chi connectivity index (χ0n) is 18.0. The van der Waals surface area contributed by atoms with Gasteiger partial charge in [-0.25, -0.2) is 0 Å². The van der Waals surface area contributed by atoms with Crippen LogP contribution in [0.4, 0.5) is 0 Å². The normalized spacial score (nSPS) is 23.0. The maximum atomic E-state index is 6.24. The molecule has 2 fully saturated rings. The van der Waals surface area contributed by atoms with Crippen molar-refractivity contribution in [3.05, 3.63) is 65.2 Å². The highest BCUT2D eigenvalue weighted by atomic mass is 16.7. The average molecular weight is 376 g/mol. The number of rotatable bonds is 3. The van der Waals surface area contributed by atoms with E-state index in [9.17, 15) is 0 Å². The quantitative estimate of drug-likeness (QED) is 0.655. The van der Waals surface area contributed by atoms with Gasteiger partial charge in [-0.3, -0.25) is 0 Å². The Hall–Kier alpha value is -1.58. The van der Waals surface area contributed by atoms with Gasteiger partial charge in [0, 0.05) is 5.41 Å². The summed E-state index contributed by atoms with van der Waals surface area (Å²) in [6.45, 7) is 10.6. The van der Waals surface area contributed by atoms with Crippen LogP contribution in [-0.2, 0) is 14.7 Å². The van der Waals surface area contributed by atoms with Gasteiger partial charge in [-0.05, 0) is 64.1 Å². The molecule has 0 bridgehead atoms. The molecule has 0 N–H and O–H groups in total. The van der Waals surface area contributed by atoms with Gasteiger partial charge in [0.1, 0.15) is 0 Å². The first kappa shape index (κ1) is 19.7. The molecule has 2 nitrogen and oxygen atoms in total. The van der Waals surface area contributed by atoms with Gasteiger partial charge in [-0.1, -0.05) is 73.4 Å². The van der Waals surface area contributed by atoms with Crippen molar-refractivity contribution in [2.45, 2.75) is 83.3 Å². The highest BCUT2D eigenvalue weighted by Crippen LogP contribution is 2.45. The van der Waals surface area contributed by atoms with Crippen LogP contribution in [0.5, 0.6) is 0 Å². The van der Waals surface area contributed by atoms with Crippen LogP contribution in [0.1, 0.15) is 76.5 Å². The van der Waals surface area contributed by atoms with Gasteiger partial charge < -0.3 is 9.31 Å². The van der Waals surface area contributed by atoms with Crippen molar-refractivity contribution in [1.82, 2.24) is 0 Å². The highest BCUT2D eigenvalue weighted by molar-refractivity contribution is 6.62. The summed E-state index contributed by atoms with van der Waals surface area (Å²) in [5, 5.41) is 0. The Bertz CT molecular complexity index is 799. The fourth-order valence-electron chi connectivity index (χ4n) is 4.71. The second-order valence-corrected chi connectivity index (χ2v) is 9.72. The molecule has 0 unspecified atom stereocenters. The van der Waals surface area contributed by atoms with E-state index in [1.165, 1.54) is 48.8 Å². The zero-order valence-corrected chi connectivity index (χ0v) is 18.0. The largest absolute Gasteiger partial charge is 0.494 e. The Morgan fingerprint density at radius 1 is 0.679 bits per heavy atom. The van der Waals surface area contributed by atoms with Crippen molar-refractivity contribution in [1.29, 1.82) is 0 Å². The molecule has 2 aromatic rings. The van der Waals surface area contributed by atoms with E-state index in [2.05, 4.69) is 83.1 Å². The van der Waals surface area contributed by atoms with E-state index in [1.54, 1.807) is 0 Å². The molecule has 28 heavy (non-hydrogen) atoms. The van der Waals surface area contributed by atoms with E-state index in [0.717, 1.165) is 5.46 Å². The van der Waals surface area contributed by atoms with E-state index >= 15 is 0 Å². The van der Waals surface area contributed by atoms with Crippen LogP contribution in [0.3, 0.4) is 0 Å². The monoisotopic (exact) mass is 376 g/mol. The molecular formula is C25H33BO2. The zero-order chi connectivity index (χ0) is 20.0. The van der Waals surface area contributed by atoms with E-state index in [-0.39, 0.29) is 23.7 Å². The second kappa shape index (κ2) is 7.04. The lowest BCUT2D eigenvalue weighted by Crippen LogP contribution is -2.41. The van der Waals surface area contributed by atoms with Crippen LogP contribution in [0.15, 0.2) is 48.5 Å². The van der Waals surface area contributed by atoms with E-state index in [4.69, 9.17) is 9.31 Å². The van der Waals surface area contributed by atoms with Gasteiger partial charge in [-0.2, -0.15) is 0 Å². The van der Waals surface area contributed by atoms with Gasteiger partial charge in [0.05, 0.1) is 11.2 Å². The fourth-order valence-corrected chi connectivity index (χ4v) is 4.71. The third-order valence-electron chi connectivity index (χ3n) is 7.30. The molecule has 1 aliphatic heterocycles. The lowest BCUT2D eigenvalue weighted by molar-refractivity contribution is 0.00578. The molecule has 3 heteroatoms. The van der Waals surface area contributed by atoms with Crippen molar-refractivity contribution in [3.63, 3.8) is 0 Å². The Morgan fingerprint density at radius 3 is 1.64 bits per heavy atom. The molecule has 2 aromatic carbocycles. The second-order valence-electron chi connectivity index (χ2n) is 9.72. The van der Waals surface area contributed by atoms with Gasteiger partial charge >= 0.3 is 7.12 Å². The lowest BCUT2D eigenvalue weighted by atomic mass is 9.64. The number of benzene rings is 2. The number of hydrogen-bond acceptors (Lipinski definition) is 2. The first-order chi connectivity index (χ1) is 13.2. The SMILES string of the molecule is Cc1ccc(C2(c3ccc(B4OC(C)(C)C(C)(C)O4)cc3)CCCCC2)cc1. The summed E-state index contributed by atoms with van der Waals surface area (Å²) in [5.74, 6) is 0. The molecule has 1 heterocycles. The summed E-state index contributed by atoms with van der Waals surface area (Å²) in [6, 6.07) is 18.2. The summed E-state index contributed by atoms with van der Waals surface area (Å²) in [7, 11) is -0.291. The summed E-state index contributed by atoms with van der Waals surface area (Å²) < 4.78 is 12.5. The molecule has 148 valence electrons. The predicted molar refractivity (Wildman–Crippen MR) is 117 cm³/mol. The molecule has 1 saturated heterocycles. The maximum absolute atomic E-state index is 6.24. The van der Waals surface area contributed by atoms with Crippen molar-refractivity contribution in [3.8, 4) is 0 Å². The third-order valence-corrected chi connectivity index (χ3v) is 7.30. The molecular weight excluding hydrogens is 343 g/mol. The summed E-state index contributed by atoms with van der Waals surface area (Å²) in [6.07, 6.45) is 6.40. The van der Waals surface area contributed by atoms with Gasteiger partial charge in [0.15, 0.2) is 0 Å². The smallest absolute Gasteiger partial charge is 0.399 e. The van der Waals surface area contributed by atoms with E-state index < -0.39 is 0 Å². The summed E-state index contributed by atoms with van der Waals surface area (Å²) >= 11 is 0. The van der Waals surface area contributed by atoms with Crippen molar-refractivity contribution in [2.24, 2.45) is 0 Å². The molecule has 2 aliphatic rings. The minimum Gasteiger partial charge on any atom is -0.399 e. The van der Waals surface area contributed by atoms with Crippen molar-refractivity contribution in [2.75, 3.05) is 0 Å². The Morgan fingerprint density at radius 2 is 1.14 bits per heavy atom.